The van der Waals surface area contributed by atoms with Crippen LogP contribution in [0.2, 0.25) is 5.02 Å². The van der Waals surface area contributed by atoms with Gasteiger partial charge in [0.15, 0.2) is 5.84 Å². The minimum Gasteiger partial charge on any atom is -0.496 e. The van der Waals surface area contributed by atoms with Gasteiger partial charge in [-0.3, -0.25) is 4.98 Å². The minimum absolute atomic E-state index is 0.0393. The summed E-state index contributed by atoms with van der Waals surface area (Å²) in [6.07, 6.45) is 3.10. The van der Waals surface area contributed by atoms with Gasteiger partial charge in [-0.2, -0.15) is 0 Å². The fraction of sp³-hybridized carbons (Fsp3) is 0.0714. The van der Waals surface area contributed by atoms with Gasteiger partial charge in [-0.15, -0.1) is 0 Å². The second-order valence-electron chi connectivity index (χ2n) is 3.94. The van der Waals surface area contributed by atoms with Crippen molar-refractivity contribution in [3.05, 3.63) is 58.9 Å². The van der Waals surface area contributed by atoms with Crippen LogP contribution in [0, 0.1) is 0 Å². The number of amidine groups is 1. The van der Waals surface area contributed by atoms with E-state index in [1.165, 1.54) is 19.4 Å². The normalized spacial score (nSPS) is 11.0. The lowest BCUT2D eigenvalue weighted by molar-refractivity contribution is 0.0512. The number of oxime groups is 1. The van der Waals surface area contributed by atoms with Crippen molar-refractivity contribution in [3.8, 4) is 5.75 Å². The van der Waals surface area contributed by atoms with Crippen molar-refractivity contribution in [1.29, 1.82) is 0 Å². The van der Waals surface area contributed by atoms with Gasteiger partial charge >= 0.3 is 5.97 Å². The topological polar surface area (TPSA) is 86.8 Å². The lowest BCUT2D eigenvalue weighted by Gasteiger charge is -2.06. The number of hydrogen-bond donors (Lipinski definition) is 1. The summed E-state index contributed by atoms with van der Waals surface area (Å²) >= 11 is 5.84. The van der Waals surface area contributed by atoms with Crippen LogP contribution < -0.4 is 10.5 Å². The van der Waals surface area contributed by atoms with Gasteiger partial charge in [-0.25, -0.2) is 4.79 Å². The Morgan fingerprint density at radius 3 is 2.86 bits per heavy atom. The molecule has 21 heavy (non-hydrogen) atoms. The molecule has 1 heterocycles. The zero-order valence-electron chi connectivity index (χ0n) is 11.1. The summed E-state index contributed by atoms with van der Waals surface area (Å²) in [4.78, 5) is 20.7. The second-order valence-corrected chi connectivity index (χ2v) is 4.38. The van der Waals surface area contributed by atoms with Crippen LogP contribution in [0.25, 0.3) is 0 Å². The molecule has 0 fully saturated rings. The van der Waals surface area contributed by atoms with Crippen molar-refractivity contribution in [2.75, 3.05) is 7.11 Å². The monoisotopic (exact) mass is 305 g/mol. The molecule has 0 amide bonds. The van der Waals surface area contributed by atoms with Crippen LogP contribution in [0.5, 0.6) is 5.75 Å². The molecule has 0 saturated heterocycles. The molecule has 0 bridgehead atoms. The Morgan fingerprint density at radius 2 is 2.19 bits per heavy atom. The molecule has 0 aliphatic carbocycles. The summed E-state index contributed by atoms with van der Waals surface area (Å²) in [5.74, 6) is -0.349. The maximum atomic E-state index is 12.0. The molecule has 2 aromatic rings. The molecule has 0 saturated carbocycles. The summed E-state index contributed by atoms with van der Waals surface area (Å²) in [7, 11) is 1.44. The number of carbonyl (C=O) groups excluding carboxylic acids is 1. The summed E-state index contributed by atoms with van der Waals surface area (Å²) in [5, 5.41) is 3.96. The zero-order chi connectivity index (χ0) is 15.2. The summed E-state index contributed by atoms with van der Waals surface area (Å²) < 4.78 is 5.06. The van der Waals surface area contributed by atoms with E-state index in [1.54, 1.807) is 30.5 Å². The Balaban J connectivity index is 2.17. The highest BCUT2D eigenvalue weighted by Crippen LogP contribution is 2.23. The minimum atomic E-state index is -0.721. The molecule has 0 spiro atoms. The summed E-state index contributed by atoms with van der Waals surface area (Å²) in [5.41, 5.74) is 6.40. The van der Waals surface area contributed by atoms with E-state index < -0.39 is 5.97 Å². The van der Waals surface area contributed by atoms with E-state index in [9.17, 15) is 4.79 Å². The maximum Gasteiger partial charge on any atom is 0.369 e. The van der Waals surface area contributed by atoms with Gasteiger partial charge in [-0.05, 0) is 30.3 Å². The highest BCUT2D eigenvalue weighted by Gasteiger charge is 2.15. The molecule has 1 aromatic heterocycles. The molecule has 0 atom stereocenters. The van der Waals surface area contributed by atoms with Gasteiger partial charge in [0.05, 0.1) is 7.11 Å². The van der Waals surface area contributed by atoms with Gasteiger partial charge in [0, 0.05) is 23.0 Å². The number of benzene rings is 1. The number of nitrogens with two attached hydrogens (primary N) is 1. The van der Waals surface area contributed by atoms with Crippen LogP contribution in [0.4, 0.5) is 0 Å². The molecular weight excluding hydrogens is 294 g/mol. The number of nitrogens with zero attached hydrogens (tertiary/aromatic N) is 2. The first-order valence-corrected chi connectivity index (χ1v) is 6.28. The molecule has 0 unspecified atom stereocenters. The molecule has 108 valence electrons. The molecule has 0 aliphatic heterocycles. The van der Waals surface area contributed by atoms with Crippen molar-refractivity contribution in [1.82, 2.24) is 4.98 Å². The van der Waals surface area contributed by atoms with Crippen molar-refractivity contribution in [2.24, 2.45) is 10.9 Å². The van der Waals surface area contributed by atoms with Crippen LogP contribution in [-0.2, 0) is 4.84 Å². The van der Waals surface area contributed by atoms with E-state index in [4.69, 9.17) is 26.9 Å². The third-order valence-corrected chi connectivity index (χ3v) is 2.80. The lowest BCUT2D eigenvalue weighted by Crippen LogP contribution is -2.15. The Kier molecular flexibility index (Phi) is 4.73. The number of carbonyl (C=O) groups is 1. The van der Waals surface area contributed by atoms with Crippen LogP contribution in [0.1, 0.15) is 15.9 Å². The number of rotatable bonds is 4. The lowest BCUT2D eigenvalue weighted by atomic mass is 10.2. The van der Waals surface area contributed by atoms with Crippen LogP contribution in [0.15, 0.2) is 47.9 Å². The Hall–Kier alpha value is -2.60. The number of ether oxygens (including phenoxy) is 1. The summed E-state index contributed by atoms with van der Waals surface area (Å²) in [6, 6.07) is 7.98. The van der Waals surface area contributed by atoms with Crippen molar-refractivity contribution in [3.63, 3.8) is 0 Å². The fourth-order valence-electron chi connectivity index (χ4n) is 1.55. The van der Waals surface area contributed by atoms with Gasteiger partial charge in [0.25, 0.3) is 0 Å². The van der Waals surface area contributed by atoms with Crippen molar-refractivity contribution < 1.29 is 14.4 Å². The van der Waals surface area contributed by atoms with Gasteiger partial charge in [-0.1, -0.05) is 16.8 Å². The number of methoxy groups -OCH3 is 1. The van der Waals surface area contributed by atoms with E-state index in [0.717, 1.165) is 0 Å². The number of hydrogen-bond acceptors (Lipinski definition) is 5. The van der Waals surface area contributed by atoms with E-state index in [2.05, 4.69) is 10.1 Å². The van der Waals surface area contributed by atoms with Gasteiger partial charge < -0.3 is 15.3 Å². The van der Waals surface area contributed by atoms with E-state index in [0.29, 0.717) is 16.3 Å². The molecule has 7 heteroatoms. The maximum absolute atomic E-state index is 12.0. The Morgan fingerprint density at radius 1 is 1.38 bits per heavy atom. The molecule has 2 N–H and O–H groups in total. The summed E-state index contributed by atoms with van der Waals surface area (Å²) in [6.45, 7) is 0. The van der Waals surface area contributed by atoms with Gasteiger partial charge in [0.2, 0.25) is 0 Å². The highest BCUT2D eigenvalue weighted by atomic mass is 35.5. The molecular formula is C14H12ClN3O3. The smallest absolute Gasteiger partial charge is 0.369 e. The van der Waals surface area contributed by atoms with Crippen LogP contribution in [-0.4, -0.2) is 23.9 Å². The molecule has 6 nitrogen and oxygen atoms in total. The highest BCUT2D eigenvalue weighted by molar-refractivity contribution is 6.31. The molecule has 2 rings (SSSR count). The third kappa shape index (κ3) is 3.70. The van der Waals surface area contributed by atoms with Crippen molar-refractivity contribution >= 4 is 23.4 Å². The Labute approximate surface area is 126 Å². The number of aromatic nitrogens is 1. The number of pyridine rings is 1. The van der Waals surface area contributed by atoms with Crippen molar-refractivity contribution in [2.45, 2.75) is 0 Å². The first kappa shape index (κ1) is 14.8. The predicted octanol–water partition coefficient (Wildman–Crippen LogP) is 2.22. The average Bonchev–Trinajstić information content (AvgIpc) is 2.53. The van der Waals surface area contributed by atoms with Crippen LogP contribution in [0.3, 0.4) is 0 Å². The predicted molar refractivity (Wildman–Crippen MR) is 78.4 cm³/mol. The van der Waals surface area contributed by atoms with E-state index >= 15 is 0 Å². The standard InChI is InChI=1S/C14H12ClN3O3/c1-20-12-5-4-10(15)7-11(12)14(19)21-18-13(16)9-3-2-6-17-8-9/h2-8H,1H3,(H2,16,18). The number of halogens is 1. The van der Waals surface area contributed by atoms with Gasteiger partial charge in [0.1, 0.15) is 11.3 Å². The Bertz CT molecular complexity index is 674. The quantitative estimate of drug-likeness (QED) is 0.405. The fourth-order valence-corrected chi connectivity index (χ4v) is 1.72. The van der Waals surface area contributed by atoms with Crippen LogP contribution >= 0.6 is 11.6 Å². The second kappa shape index (κ2) is 6.71. The molecule has 0 aliphatic rings. The first-order chi connectivity index (χ1) is 10.1. The molecule has 0 radical (unpaired) electrons. The molecule has 1 aromatic carbocycles. The SMILES string of the molecule is COc1ccc(Cl)cc1C(=O)ON=C(N)c1cccnc1. The largest absolute Gasteiger partial charge is 0.496 e. The first-order valence-electron chi connectivity index (χ1n) is 5.90. The zero-order valence-corrected chi connectivity index (χ0v) is 11.9. The van der Waals surface area contributed by atoms with E-state index in [1.807, 2.05) is 0 Å². The average molecular weight is 306 g/mol. The third-order valence-electron chi connectivity index (χ3n) is 2.57. The van der Waals surface area contributed by atoms with E-state index in [-0.39, 0.29) is 11.4 Å².